The van der Waals surface area contributed by atoms with Crippen LogP contribution in [0.4, 0.5) is 0 Å². The summed E-state index contributed by atoms with van der Waals surface area (Å²) in [6, 6.07) is 11.5. The third-order valence-electron chi connectivity index (χ3n) is 5.57. The molecule has 2 atom stereocenters. The highest BCUT2D eigenvalue weighted by Crippen LogP contribution is 2.41. The average Bonchev–Trinajstić information content (AvgIpc) is 3.06. The number of esters is 2. The van der Waals surface area contributed by atoms with Crippen LogP contribution in [0.2, 0.25) is 15.1 Å². The zero-order chi connectivity index (χ0) is 26.0. The number of rotatable bonds is 7. The molecule has 3 rings (SSSR count). The minimum atomic E-state index is -0.837. The summed E-state index contributed by atoms with van der Waals surface area (Å²) in [5.74, 6) is -0.909. The van der Waals surface area contributed by atoms with Gasteiger partial charge in [-0.25, -0.2) is 4.79 Å². The van der Waals surface area contributed by atoms with Crippen molar-refractivity contribution in [2.75, 3.05) is 6.61 Å². The van der Waals surface area contributed by atoms with Crippen molar-refractivity contribution in [2.24, 2.45) is 0 Å². The molecule has 1 aliphatic heterocycles. The van der Waals surface area contributed by atoms with Gasteiger partial charge in [0.2, 0.25) is 0 Å². The molecule has 35 heavy (non-hydrogen) atoms. The summed E-state index contributed by atoms with van der Waals surface area (Å²) in [5.41, 5.74) is -0.455. The minimum absolute atomic E-state index is 0.0141. The summed E-state index contributed by atoms with van der Waals surface area (Å²) in [4.78, 5) is 28.1. The smallest absolute Gasteiger partial charge is 0.328 e. The van der Waals surface area contributed by atoms with E-state index in [1.807, 2.05) is 49.1 Å². The van der Waals surface area contributed by atoms with E-state index >= 15 is 0 Å². The summed E-state index contributed by atoms with van der Waals surface area (Å²) < 4.78 is 17.3. The quantitative estimate of drug-likeness (QED) is 0.216. The van der Waals surface area contributed by atoms with Crippen LogP contribution in [0.1, 0.15) is 59.1 Å². The van der Waals surface area contributed by atoms with Crippen LogP contribution < -0.4 is 4.74 Å². The van der Waals surface area contributed by atoms with Crippen LogP contribution >= 0.6 is 34.8 Å². The van der Waals surface area contributed by atoms with E-state index in [-0.39, 0.29) is 39.7 Å². The Kier molecular flexibility index (Phi) is 8.77. The van der Waals surface area contributed by atoms with E-state index in [2.05, 4.69) is 0 Å². The maximum Gasteiger partial charge on any atom is 0.328 e. The third-order valence-corrected chi connectivity index (χ3v) is 6.59. The van der Waals surface area contributed by atoms with Gasteiger partial charge in [0, 0.05) is 12.5 Å². The van der Waals surface area contributed by atoms with Gasteiger partial charge in [-0.2, -0.15) is 0 Å². The first-order valence-electron chi connectivity index (χ1n) is 11.3. The standard InChI is InChI=1S/C26H30Cl3NO5/c1-25(2,3)35-23(31)12-11-20(24(32)34-22-14-18(28)17(27)13-19(22)29)30-21(15-33-26(30,4)5)16-9-7-6-8-10-16/h6-10,13-14,20-21H,11-12,15H2,1-5H3/t20-,21-/m1/s1. The van der Waals surface area contributed by atoms with Crippen LogP contribution in [-0.2, 0) is 19.1 Å². The molecule has 1 heterocycles. The van der Waals surface area contributed by atoms with Crippen molar-refractivity contribution in [2.45, 2.75) is 70.9 Å². The Hall–Kier alpha value is -1.83. The molecule has 2 aromatic carbocycles. The molecular weight excluding hydrogens is 513 g/mol. The summed E-state index contributed by atoms with van der Waals surface area (Å²) in [6.07, 6.45) is 0.170. The predicted octanol–water partition coefficient (Wildman–Crippen LogP) is 6.85. The first-order valence-corrected chi connectivity index (χ1v) is 12.5. The fraction of sp³-hybridized carbons (Fsp3) is 0.462. The van der Waals surface area contributed by atoms with E-state index < -0.39 is 29.3 Å². The van der Waals surface area contributed by atoms with Gasteiger partial charge >= 0.3 is 11.9 Å². The lowest BCUT2D eigenvalue weighted by Crippen LogP contribution is -2.52. The van der Waals surface area contributed by atoms with E-state index in [4.69, 9.17) is 49.0 Å². The molecule has 0 bridgehead atoms. The van der Waals surface area contributed by atoms with Gasteiger partial charge in [0.05, 0.1) is 27.7 Å². The molecule has 0 spiro atoms. The number of ether oxygens (including phenoxy) is 3. The fourth-order valence-electron chi connectivity index (χ4n) is 4.11. The van der Waals surface area contributed by atoms with Crippen LogP contribution in [-0.4, -0.2) is 40.8 Å². The molecule has 0 aromatic heterocycles. The normalized spacial score (nSPS) is 18.8. The van der Waals surface area contributed by atoms with Gasteiger partial charge in [0.1, 0.15) is 17.4 Å². The van der Waals surface area contributed by atoms with Gasteiger partial charge in [-0.1, -0.05) is 65.1 Å². The number of carbonyl (C=O) groups excluding carboxylic acids is 2. The lowest BCUT2D eigenvalue weighted by Gasteiger charge is -2.39. The average molecular weight is 543 g/mol. The van der Waals surface area contributed by atoms with Gasteiger partial charge < -0.3 is 14.2 Å². The number of hydrogen-bond donors (Lipinski definition) is 0. The molecule has 0 amide bonds. The topological polar surface area (TPSA) is 65.1 Å². The molecule has 0 aliphatic carbocycles. The number of benzene rings is 2. The zero-order valence-corrected chi connectivity index (χ0v) is 22.7. The molecule has 1 fully saturated rings. The predicted molar refractivity (Wildman–Crippen MR) is 137 cm³/mol. The third kappa shape index (κ3) is 7.11. The van der Waals surface area contributed by atoms with Crippen LogP contribution in [0.3, 0.4) is 0 Å². The highest BCUT2D eigenvalue weighted by molar-refractivity contribution is 6.43. The molecule has 6 nitrogen and oxygen atoms in total. The van der Waals surface area contributed by atoms with Gasteiger partial charge in [-0.05, 0) is 52.7 Å². The van der Waals surface area contributed by atoms with Crippen molar-refractivity contribution in [1.82, 2.24) is 4.90 Å². The Bertz CT molecular complexity index is 1070. The second-order valence-electron chi connectivity index (χ2n) is 9.85. The van der Waals surface area contributed by atoms with Gasteiger partial charge in [-0.3, -0.25) is 9.69 Å². The highest BCUT2D eigenvalue weighted by Gasteiger charge is 2.48. The van der Waals surface area contributed by atoms with E-state index in [9.17, 15) is 9.59 Å². The molecule has 0 N–H and O–H groups in total. The summed E-state index contributed by atoms with van der Waals surface area (Å²) in [7, 11) is 0. The first kappa shape index (κ1) is 27.8. The first-order chi connectivity index (χ1) is 16.3. The monoisotopic (exact) mass is 541 g/mol. The molecule has 0 radical (unpaired) electrons. The molecule has 0 unspecified atom stereocenters. The largest absolute Gasteiger partial charge is 0.460 e. The molecule has 1 aliphatic rings. The second-order valence-corrected chi connectivity index (χ2v) is 11.1. The van der Waals surface area contributed by atoms with Crippen molar-refractivity contribution >= 4 is 46.7 Å². The molecule has 1 saturated heterocycles. The van der Waals surface area contributed by atoms with Gasteiger partial charge in [0.25, 0.3) is 0 Å². The summed E-state index contributed by atoms with van der Waals surface area (Å²) in [5, 5.41) is 0.600. The van der Waals surface area contributed by atoms with Crippen molar-refractivity contribution in [1.29, 1.82) is 0 Å². The highest BCUT2D eigenvalue weighted by atomic mass is 35.5. The Labute approximate surface area is 221 Å². The molecule has 2 aromatic rings. The zero-order valence-electron chi connectivity index (χ0n) is 20.4. The van der Waals surface area contributed by atoms with E-state index in [0.29, 0.717) is 6.61 Å². The van der Waals surface area contributed by atoms with Crippen LogP contribution in [0, 0.1) is 0 Å². The molecule has 190 valence electrons. The maximum absolute atomic E-state index is 13.6. The Morgan fingerprint density at radius 3 is 2.34 bits per heavy atom. The SMILES string of the molecule is CC(C)(C)OC(=O)CC[C@H](C(=O)Oc1cc(Cl)c(Cl)cc1Cl)N1[C@@H](c2ccccc2)COC1(C)C. The molecular formula is C26H30Cl3NO5. The second kappa shape index (κ2) is 11.1. The Morgan fingerprint density at radius 2 is 1.71 bits per heavy atom. The number of hydrogen-bond acceptors (Lipinski definition) is 6. The molecule has 0 saturated carbocycles. The lowest BCUT2D eigenvalue weighted by atomic mass is 10.00. The van der Waals surface area contributed by atoms with Crippen molar-refractivity contribution in [3.05, 3.63) is 63.1 Å². The van der Waals surface area contributed by atoms with Gasteiger partial charge in [0.15, 0.2) is 5.75 Å². The van der Waals surface area contributed by atoms with Crippen molar-refractivity contribution in [3.8, 4) is 5.75 Å². The van der Waals surface area contributed by atoms with Crippen LogP contribution in [0.25, 0.3) is 0 Å². The van der Waals surface area contributed by atoms with E-state index in [1.54, 1.807) is 20.8 Å². The van der Waals surface area contributed by atoms with Crippen LogP contribution in [0.5, 0.6) is 5.75 Å². The summed E-state index contributed by atoms with van der Waals surface area (Å²) >= 11 is 18.4. The van der Waals surface area contributed by atoms with Crippen molar-refractivity contribution in [3.63, 3.8) is 0 Å². The maximum atomic E-state index is 13.6. The number of carbonyl (C=O) groups is 2. The van der Waals surface area contributed by atoms with Crippen LogP contribution in [0.15, 0.2) is 42.5 Å². The number of nitrogens with zero attached hydrogens (tertiary/aromatic N) is 1. The minimum Gasteiger partial charge on any atom is -0.460 e. The summed E-state index contributed by atoms with van der Waals surface area (Å²) in [6.45, 7) is 9.54. The Balaban J connectivity index is 1.94. The van der Waals surface area contributed by atoms with E-state index in [1.165, 1.54) is 12.1 Å². The molecule has 9 heteroatoms. The fourth-order valence-corrected chi connectivity index (χ4v) is 4.69. The number of halogens is 3. The van der Waals surface area contributed by atoms with E-state index in [0.717, 1.165) is 5.56 Å². The van der Waals surface area contributed by atoms with Crippen molar-refractivity contribution < 1.29 is 23.8 Å². The Morgan fingerprint density at radius 1 is 1.09 bits per heavy atom. The lowest BCUT2D eigenvalue weighted by molar-refractivity contribution is -0.157. The van der Waals surface area contributed by atoms with Gasteiger partial charge in [-0.15, -0.1) is 0 Å².